The quantitative estimate of drug-likeness (QED) is 0.581. The Morgan fingerprint density at radius 1 is 1.25 bits per heavy atom. The summed E-state index contributed by atoms with van der Waals surface area (Å²) >= 11 is 0. The summed E-state index contributed by atoms with van der Waals surface area (Å²) in [7, 11) is 0. The number of hydrogen-bond donors (Lipinski definition) is 1. The molecule has 1 N–H and O–H groups in total. The van der Waals surface area contributed by atoms with Gasteiger partial charge in [0, 0.05) is 6.20 Å². The summed E-state index contributed by atoms with van der Waals surface area (Å²) in [6.45, 7) is 3.90. The van der Waals surface area contributed by atoms with Crippen molar-refractivity contribution in [3.05, 3.63) is 53.9 Å². The molecule has 0 atom stereocenters. The van der Waals surface area contributed by atoms with Gasteiger partial charge in [-0.2, -0.15) is 0 Å². The number of hydrogen-bond acceptors (Lipinski definition) is 6. The Morgan fingerprint density at radius 3 is 2.71 bits per heavy atom. The SMILES string of the molecule is CCOC(=O)c1nc2c(O)cccn2c1N=Nc1ccc(C)cc1. The number of ether oxygens (including phenoxy) is 1. The number of azo groups is 1. The maximum absolute atomic E-state index is 12.1. The van der Waals surface area contributed by atoms with Gasteiger partial charge in [0.05, 0.1) is 12.3 Å². The zero-order valence-corrected chi connectivity index (χ0v) is 13.3. The topological polar surface area (TPSA) is 88.5 Å². The second kappa shape index (κ2) is 6.49. The minimum atomic E-state index is -0.613. The minimum absolute atomic E-state index is 0.00853. The van der Waals surface area contributed by atoms with Crippen LogP contribution in [0.4, 0.5) is 11.5 Å². The lowest BCUT2D eigenvalue weighted by Gasteiger charge is -2.00. The van der Waals surface area contributed by atoms with Gasteiger partial charge < -0.3 is 9.84 Å². The monoisotopic (exact) mass is 324 g/mol. The van der Waals surface area contributed by atoms with Crippen molar-refractivity contribution in [1.29, 1.82) is 0 Å². The van der Waals surface area contributed by atoms with Gasteiger partial charge >= 0.3 is 5.97 Å². The van der Waals surface area contributed by atoms with Gasteiger partial charge in [-0.25, -0.2) is 9.78 Å². The molecule has 7 nitrogen and oxygen atoms in total. The first-order valence-electron chi connectivity index (χ1n) is 7.45. The molecule has 7 heteroatoms. The molecular formula is C17H16N4O3. The van der Waals surface area contributed by atoms with Gasteiger partial charge in [-0.05, 0) is 38.1 Å². The molecule has 0 aliphatic heterocycles. The van der Waals surface area contributed by atoms with Crippen LogP contribution in [0.1, 0.15) is 23.0 Å². The van der Waals surface area contributed by atoms with Gasteiger partial charge in [-0.3, -0.25) is 4.40 Å². The molecule has 3 rings (SSSR count). The van der Waals surface area contributed by atoms with E-state index in [2.05, 4.69) is 15.2 Å². The summed E-state index contributed by atoms with van der Waals surface area (Å²) in [4.78, 5) is 16.3. The van der Waals surface area contributed by atoms with Crippen LogP contribution in [0.2, 0.25) is 0 Å². The van der Waals surface area contributed by atoms with E-state index in [0.717, 1.165) is 5.56 Å². The number of imidazole rings is 1. The van der Waals surface area contributed by atoms with Crippen LogP contribution in [-0.4, -0.2) is 27.1 Å². The summed E-state index contributed by atoms with van der Waals surface area (Å²) in [5, 5.41) is 18.2. The Morgan fingerprint density at radius 2 is 2.00 bits per heavy atom. The van der Waals surface area contributed by atoms with Crippen LogP contribution in [0, 0.1) is 6.92 Å². The summed E-state index contributed by atoms with van der Waals surface area (Å²) < 4.78 is 6.51. The molecule has 0 unspecified atom stereocenters. The zero-order chi connectivity index (χ0) is 17.1. The molecule has 0 aliphatic carbocycles. The van der Waals surface area contributed by atoms with Crippen molar-refractivity contribution in [2.24, 2.45) is 10.2 Å². The fraction of sp³-hybridized carbons (Fsp3) is 0.176. The molecule has 24 heavy (non-hydrogen) atoms. The number of nitrogens with zero attached hydrogens (tertiary/aromatic N) is 4. The first-order valence-corrected chi connectivity index (χ1v) is 7.45. The van der Waals surface area contributed by atoms with Gasteiger partial charge in [0.2, 0.25) is 0 Å². The summed E-state index contributed by atoms with van der Waals surface area (Å²) in [5.41, 5.74) is 1.99. The van der Waals surface area contributed by atoms with Crippen molar-refractivity contribution in [3.63, 3.8) is 0 Å². The first-order chi connectivity index (χ1) is 11.6. The van der Waals surface area contributed by atoms with Crippen LogP contribution in [0.15, 0.2) is 52.8 Å². The van der Waals surface area contributed by atoms with Crippen molar-refractivity contribution in [2.75, 3.05) is 6.61 Å². The number of aromatic nitrogens is 2. The van der Waals surface area contributed by atoms with E-state index in [1.54, 1.807) is 19.2 Å². The Hall–Kier alpha value is -3.22. The molecule has 0 saturated carbocycles. The Bertz CT molecular complexity index is 913. The predicted molar refractivity (Wildman–Crippen MR) is 88.2 cm³/mol. The molecule has 0 bridgehead atoms. The van der Waals surface area contributed by atoms with E-state index in [1.807, 2.05) is 31.2 Å². The van der Waals surface area contributed by atoms with Crippen LogP contribution in [0.3, 0.4) is 0 Å². The molecule has 0 saturated heterocycles. The fourth-order valence-electron chi connectivity index (χ4n) is 2.19. The Labute approximate surface area is 138 Å². The number of rotatable bonds is 4. The van der Waals surface area contributed by atoms with Crippen LogP contribution in [0.25, 0.3) is 5.65 Å². The van der Waals surface area contributed by atoms with Crippen molar-refractivity contribution >= 4 is 23.1 Å². The van der Waals surface area contributed by atoms with E-state index in [4.69, 9.17) is 4.74 Å². The highest BCUT2D eigenvalue weighted by atomic mass is 16.5. The molecule has 0 spiro atoms. The maximum Gasteiger partial charge on any atom is 0.360 e. The lowest BCUT2D eigenvalue weighted by Crippen LogP contribution is -2.05. The van der Waals surface area contributed by atoms with Crippen LogP contribution in [0.5, 0.6) is 5.75 Å². The number of carbonyl (C=O) groups excluding carboxylic acids is 1. The van der Waals surface area contributed by atoms with Crippen molar-refractivity contribution in [3.8, 4) is 5.75 Å². The summed E-state index contributed by atoms with van der Waals surface area (Å²) in [5.74, 6) is -0.460. The highest BCUT2D eigenvalue weighted by Crippen LogP contribution is 2.28. The van der Waals surface area contributed by atoms with E-state index in [0.29, 0.717) is 5.69 Å². The van der Waals surface area contributed by atoms with E-state index in [1.165, 1.54) is 10.5 Å². The molecule has 0 fully saturated rings. The summed E-state index contributed by atoms with van der Waals surface area (Å²) in [6.07, 6.45) is 1.65. The molecule has 122 valence electrons. The second-order valence-electron chi connectivity index (χ2n) is 5.13. The van der Waals surface area contributed by atoms with Crippen LogP contribution in [-0.2, 0) is 4.74 Å². The van der Waals surface area contributed by atoms with E-state index in [9.17, 15) is 9.90 Å². The fourth-order valence-corrected chi connectivity index (χ4v) is 2.19. The molecule has 2 aromatic heterocycles. The molecule has 0 radical (unpaired) electrons. The molecule has 0 amide bonds. The van der Waals surface area contributed by atoms with Crippen molar-refractivity contribution in [2.45, 2.75) is 13.8 Å². The van der Waals surface area contributed by atoms with Gasteiger partial charge in [-0.1, -0.05) is 17.7 Å². The zero-order valence-electron chi connectivity index (χ0n) is 13.3. The normalized spacial score (nSPS) is 11.2. The second-order valence-corrected chi connectivity index (χ2v) is 5.13. The smallest absolute Gasteiger partial charge is 0.360 e. The minimum Gasteiger partial charge on any atom is -0.504 e. The third-order valence-corrected chi connectivity index (χ3v) is 3.37. The lowest BCUT2D eigenvalue weighted by molar-refractivity contribution is 0.0521. The number of pyridine rings is 1. The third kappa shape index (κ3) is 2.96. The number of esters is 1. The van der Waals surface area contributed by atoms with Crippen LogP contribution >= 0.6 is 0 Å². The average Bonchev–Trinajstić information content (AvgIpc) is 2.95. The van der Waals surface area contributed by atoms with E-state index in [-0.39, 0.29) is 29.5 Å². The number of aryl methyl sites for hydroxylation is 1. The largest absolute Gasteiger partial charge is 0.504 e. The third-order valence-electron chi connectivity index (χ3n) is 3.37. The van der Waals surface area contributed by atoms with Gasteiger partial charge in [0.1, 0.15) is 0 Å². The average molecular weight is 324 g/mol. The molecular weight excluding hydrogens is 308 g/mol. The van der Waals surface area contributed by atoms with Gasteiger partial charge in [0.15, 0.2) is 22.9 Å². The lowest BCUT2D eigenvalue weighted by atomic mass is 10.2. The number of benzene rings is 1. The number of fused-ring (bicyclic) bond motifs is 1. The van der Waals surface area contributed by atoms with Crippen molar-refractivity contribution in [1.82, 2.24) is 9.38 Å². The standard InChI is InChI=1S/C17H16N4O3/c1-3-24-17(23)14-16(20-19-12-8-6-11(2)7-9-12)21-10-4-5-13(22)15(21)18-14/h4-10,22H,3H2,1-2H3. The molecule has 0 aliphatic rings. The van der Waals surface area contributed by atoms with Gasteiger partial charge in [0.25, 0.3) is 0 Å². The molecule has 2 heterocycles. The molecule has 1 aromatic carbocycles. The number of carbonyl (C=O) groups is 1. The summed E-state index contributed by atoms with van der Waals surface area (Å²) in [6, 6.07) is 10.6. The van der Waals surface area contributed by atoms with Gasteiger partial charge in [-0.15, -0.1) is 10.2 Å². The van der Waals surface area contributed by atoms with Crippen molar-refractivity contribution < 1.29 is 14.6 Å². The highest BCUT2D eigenvalue weighted by molar-refractivity contribution is 5.93. The highest BCUT2D eigenvalue weighted by Gasteiger charge is 2.21. The predicted octanol–water partition coefficient (Wildman–Crippen LogP) is 3.94. The van der Waals surface area contributed by atoms with Crippen LogP contribution < -0.4 is 0 Å². The number of aromatic hydroxyl groups is 1. The van der Waals surface area contributed by atoms with E-state index >= 15 is 0 Å². The Balaban J connectivity index is 2.10. The molecule has 3 aromatic rings. The Kier molecular flexibility index (Phi) is 4.24. The first kappa shape index (κ1) is 15.7. The van der Waals surface area contributed by atoms with E-state index < -0.39 is 5.97 Å². The maximum atomic E-state index is 12.1.